The summed E-state index contributed by atoms with van der Waals surface area (Å²) >= 11 is 0. The largest absolute Gasteiger partial charge is 0.378 e. The molecule has 1 saturated heterocycles. The normalized spacial score (nSPS) is 18.9. The summed E-state index contributed by atoms with van der Waals surface area (Å²) in [5, 5.41) is 7.99. The molecule has 0 unspecified atom stereocenters. The molecular weight excluding hydrogens is 322 g/mol. The molecule has 1 fully saturated rings. The average Bonchev–Trinajstić information content (AvgIpc) is 2.89. The molecule has 1 aromatic rings. The first-order valence-corrected chi connectivity index (χ1v) is 9.51. The Bertz CT molecular complexity index is 596. The lowest BCUT2D eigenvalue weighted by Crippen LogP contribution is -2.39. The van der Waals surface area contributed by atoms with Crippen molar-refractivity contribution >= 4 is 9.84 Å². The fourth-order valence-electron chi connectivity index (χ4n) is 2.15. The smallest absolute Gasteiger partial charge is 0.152 e. The summed E-state index contributed by atoms with van der Waals surface area (Å²) in [5.74, 6) is 0.322. The van der Waals surface area contributed by atoms with Crippen LogP contribution in [0, 0.1) is 0 Å². The Labute approximate surface area is 138 Å². The van der Waals surface area contributed by atoms with Crippen molar-refractivity contribution < 1.29 is 19.3 Å². The van der Waals surface area contributed by atoms with Crippen LogP contribution in [-0.2, 0) is 32.4 Å². The molecule has 0 bridgehead atoms. The van der Waals surface area contributed by atoms with Gasteiger partial charge in [-0.15, -0.1) is 5.10 Å². The number of ether oxygens (including phenoxy) is 2. The summed E-state index contributed by atoms with van der Waals surface area (Å²) in [5.41, 5.74) is 5.86. The molecule has 0 amide bonds. The lowest BCUT2D eigenvalue weighted by Gasteiger charge is -2.25. The van der Waals surface area contributed by atoms with E-state index in [1.807, 2.05) is 4.90 Å². The molecule has 0 atom stereocenters. The van der Waals surface area contributed by atoms with Crippen LogP contribution in [0.3, 0.4) is 0 Å². The van der Waals surface area contributed by atoms with Crippen LogP contribution < -0.4 is 5.73 Å². The van der Waals surface area contributed by atoms with Gasteiger partial charge in [-0.1, -0.05) is 5.21 Å². The molecular formula is C13H25N5O4S. The van der Waals surface area contributed by atoms with Gasteiger partial charge in [-0.05, 0) is 0 Å². The van der Waals surface area contributed by atoms with E-state index in [2.05, 4.69) is 10.3 Å². The van der Waals surface area contributed by atoms with Crippen molar-refractivity contribution in [2.24, 2.45) is 5.73 Å². The van der Waals surface area contributed by atoms with E-state index in [1.54, 1.807) is 0 Å². The minimum atomic E-state index is -2.90. The van der Waals surface area contributed by atoms with Crippen molar-refractivity contribution in [1.82, 2.24) is 19.9 Å². The summed E-state index contributed by atoms with van der Waals surface area (Å²) in [7, 11) is -2.90. The number of hydrogen-bond acceptors (Lipinski definition) is 8. The SMILES string of the molecule is [2H]c1c(CN2CCS(=O)(=O)CC2)nnn1CCOCCOCCN. The zero-order valence-electron chi connectivity index (χ0n) is 14.2. The third-order valence-corrected chi connectivity index (χ3v) is 5.03. The first-order valence-electron chi connectivity index (χ1n) is 8.19. The van der Waals surface area contributed by atoms with E-state index >= 15 is 0 Å². The first kappa shape index (κ1) is 16.8. The van der Waals surface area contributed by atoms with Gasteiger partial charge in [0.15, 0.2) is 9.84 Å². The quantitative estimate of drug-likeness (QED) is 0.508. The van der Waals surface area contributed by atoms with Gasteiger partial charge in [0.2, 0.25) is 0 Å². The van der Waals surface area contributed by atoms with E-state index < -0.39 is 9.84 Å². The highest BCUT2D eigenvalue weighted by atomic mass is 32.2. The number of aromatic nitrogens is 3. The van der Waals surface area contributed by atoms with Gasteiger partial charge < -0.3 is 15.2 Å². The molecule has 2 heterocycles. The molecule has 1 aromatic heterocycles. The van der Waals surface area contributed by atoms with Gasteiger partial charge in [0.25, 0.3) is 0 Å². The minimum Gasteiger partial charge on any atom is -0.378 e. The second-order valence-corrected chi connectivity index (χ2v) is 7.62. The maximum Gasteiger partial charge on any atom is 0.152 e. The maximum atomic E-state index is 11.4. The van der Waals surface area contributed by atoms with Crippen LogP contribution in [0.2, 0.25) is 0 Å². The summed E-state index contributed by atoms with van der Waals surface area (Å²) in [6, 6.07) is 0. The van der Waals surface area contributed by atoms with E-state index in [-0.39, 0.29) is 17.7 Å². The maximum absolute atomic E-state index is 11.4. The lowest BCUT2D eigenvalue weighted by molar-refractivity contribution is 0.0466. The van der Waals surface area contributed by atoms with Crippen LogP contribution in [-0.4, -0.2) is 85.9 Å². The topological polar surface area (TPSA) is 113 Å². The first-order chi connectivity index (χ1) is 11.5. The molecule has 0 spiro atoms. The molecule has 0 aromatic carbocycles. The van der Waals surface area contributed by atoms with Crippen molar-refractivity contribution in [2.45, 2.75) is 13.1 Å². The molecule has 0 radical (unpaired) electrons. The van der Waals surface area contributed by atoms with Crippen LogP contribution in [0.15, 0.2) is 6.17 Å². The molecule has 2 rings (SSSR count). The van der Waals surface area contributed by atoms with Crippen molar-refractivity contribution in [2.75, 3.05) is 57.6 Å². The third kappa shape index (κ3) is 6.92. The van der Waals surface area contributed by atoms with Gasteiger partial charge >= 0.3 is 0 Å². The zero-order chi connectivity index (χ0) is 17.4. The average molecular weight is 348 g/mol. The number of nitrogens with zero attached hydrogens (tertiary/aromatic N) is 4. The molecule has 9 nitrogen and oxygen atoms in total. The molecule has 23 heavy (non-hydrogen) atoms. The third-order valence-electron chi connectivity index (χ3n) is 3.42. The van der Waals surface area contributed by atoms with E-state index in [0.717, 1.165) is 0 Å². The Kier molecular flexibility index (Phi) is 6.77. The molecule has 132 valence electrons. The standard InChI is InChI=1S/C13H25N5O4S/c14-1-5-21-7-8-22-6-2-18-12-13(15-16-18)11-17-3-9-23(19,20)10-4-17/h12H,1-11,14H2/i12D. The lowest BCUT2D eigenvalue weighted by atomic mass is 10.4. The predicted octanol–water partition coefficient (Wildman–Crippen LogP) is -1.50. The minimum absolute atomic E-state index is 0.161. The Morgan fingerprint density at radius 2 is 1.91 bits per heavy atom. The molecule has 0 saturated carbocycles. The Balaban J connectivity index is 1.71. The summed E-state index contributed by atoms with van der Waals surface area (Å²) in [6.07, 6.45) is 0.242. The fraction of sp³-hybridized carbons (Fsp3) is 0.846. The summed E-state index contributed by atoms with van der Waals surface area (Å²) < 4.78 is 43.0. The van der Waals surface area contributed by atoms with E-state index in [4.69, 9.17) is 16.6 Å². The summed E-state index contributed by atoms with van der Waals surface area (Å²) in [4.78, 5) is 1.98. The predicted molar refractivity (Wildman–Crippen MR) is 84.6 cm³/mol. The Morgan fingerprint density at radius 1 is 1.22 bits per heavy atom. The fourth-order valence-corrected chi connectivity index (χ4v) is 3.42. The molecule has 1 aliphatic heterocycles. The molecule has 0 aliphatic carbocycles. The highest BCUT2D eigenvalue weighted by Crippen LogP contribution is 2.07. The summed E-state index contributed by atoms with van der Waals surface area (Å²) in [6.45, 7) is 4.23. The van der Waals surface area contributed by atoms with Gasteiger partial charge in [0.1, 0.15) is 0 Å². The van der Waals surface area contributed by atoms with Gasteiger partial charge in [-0.2, -0.15) is 0 Å². The molecule has 2 N–H and O–H groups in total. The van der Waals surface area contributed by atoms with E-state index in [0.29, 0.717) is 64.8 Å². The molecule has 1 aliphatic rings. The number of rotatable bonds is 10. The van der Waals surface area contributed by atoms with Gasteiger partial charge in [0, 0.05) is 32.4 Å². The van der Waals surface area contributed by atoms with Crippen molar-refractivity contribution in [3.05, 3.63) is 11.9 Å². The van der Waals surface area contributed by atoms with E-state index in [1.165, 1.54) is 4.68 Å². The van der Waals surface area contributed by atoms with Crippen molar-refractivity contribution in [1.29, 1.82) is 0 Å². The van der Waals surface area contributed by atoms with Gasteiger partial charge in [0.05, 0.1) is 51.5 Å². The van der Waals surface area contributed by atoms with Crippen LogP contribution in [0.5, 0.6) is 0 Å². The van der Waals surface area contributed by atoms with Crippen molar-refractivity contribution in [3.8, 4) is 0 Å². The van der Waals surface area contributed by atoms with Gasteiger partial charge in [-0.25, -0.2) is 13.1 Å². The van der Waals surface area contributed by atoms with Gasteiger partial charge in [-0.3, -0.25) is 4.90 Å². The van der Waals surface area contributed by atoms with E-state index in [9.17, 15) is 8.42 Å². The van der Waals surface area contributed by atoms with Crippen LogP contribution >= 0.6 is 0 Å². The van der Waals surface area contributed by atoms with Crippen molar-refractivity contribution in [3.63, 3.8) is 0 Å². The Morgan fingerprint density at radius 3 is 2.61 bits per heavy atom. The number of nitrogens with two attached hydrogens (primary N) is 1. The zero-order valence-corrected chi connectivity index (χ0v) is 14.0. The number of hydrogen-bond donors (Lipinski definition) is 1. The van der Waals surface area contributed by atoms with Crippen LogP contribution in [0.4, 0.5) is 0 Å². The second kappa shape index (κ2) is 9.28. The highest BCUT2D eigenvalue weighted by Gasteiger charge is 2.22. The Hall–Kier alpha value is -1.07. The van der Waals surface area contributed by atoms with Crippen LogP contribution in [0.25, 0.3) is 0 Å². The van der Waals surface area contributed by atoms with Crippen LogP contribution in [0.1, 0.15) is 7.06 Å². The second-order valence-electron chi connectivity index (χ2n) is 5.31. The monoisotopic (exact) mass is 348 g/mol. The highest BCUT2D eigenvalue weighted by molar-refractivity contribution is 7.91. The molecule has 10 heteroatoms. The number of sulfone groups is 1.